The van der Waals surface area contributed by atoms with E-state index in [0.717, 1.165) is 18.2 Å². The van der Waals surface area contributed by atoms with Crippen molar-refractivity contribution in [2.45, 2.75) is 26.3 Å². The second-order valence-electron chi connectivity index (χ2n) is 2.66. The molecule has 0 spiro atoms. The molecule has 76 valence electrons. The van der Waals surface area contributed by atoms with Crippen molar-refractivity contribution in [2.75, 3.05) is 12.8 Å². The Kier molecular flexibility index (Phi) is 6.83. The zero-order valence-electron chi connectivity index (χ0n) is 8.25. The maximum atomic E-state index is 11.1. The summed E-state index contributed by atoms with van der Waals surface area (Å²) in [5.74, 6) is -0.355. The van der Waals surface area contributed by atoms with Crippen molar-refractivity contribution in [1.82, 2.24) is 0 Å². The predicted molar refractivity (Wildman–Crippen MR) is 57.6 cm³/mol. The normalized spacial score (nSPS) is 14.0. The van der Waals surface area contributed by atoms with Gasteiger partial charge in [-0.15, -0.1) is 9.24 Å². The molecule has 2 unspecified atom stereocenters. The number of nitrogens with two attached hydrogens (primary N) is 1. The summed E-state index contributed by atoms with van der Waals surface area (Å²) < 4.78 is 4.78. The van der Waals surface area contributed by atoms with Gasteiger partial charge in [-0.2, -0.15) is 0 Å². The molecule has 4 heteroatoms. The molecule has 2 N–H and O–H groups in total. The Hall–Kier alpha value is -0.400. The van der Waals surface area contributed by atoms with E-state index in [1.807, 2.05) is 6.92 Å². The summed E-state index contributed by atoms with van der Waals surface area (Å²) in [6.45, 7) is 4.18. The zero-order valence-corrected chi connectivity index (χ0v) is 9.40. The maximum Gasteiger partial charge on any atom is 0.326 e. The third-order valence-corrected chi connectivity index (χ3v) is 2.21. The Morgan fingerprint density at radius 2 is 2.23 bits per heavy atom. The SMILES string of the molecule is CCOC(=O)C(N)C=C(CC)CP. The minimum Gasteiger partial charge on any atom is -0.465 e. The summed E-state index contributed by atoms with van der Waals surface area (Å²) in [5.41, 5.74) is 6.75. The molecule has 0 radical (unpaired) electrons. The van der Waals surface area contributed by atoms with Crippen LogP contribution in [-0.4, -0.2) is 24.8 Å². The molecule has 0 bridgehead atoms. The molecule has 3 nitrogen and oxygen atoms in total. The molecular weight excluding hydrogens is 185 g/mol. The standard InChI is InChI=1S/C9H18NO2P/c1-3-7(6-13)5-8(10)9(11)12-4-2/h5,8H,3-4,6,10,13H2,1-2H3. The van der Waals surface area contributed by atoms with E-state index in [1.165, 1.54) is 0 Å². The number of allylic oxidation sites excluding steroid dienone is 1. The molecule has 0 aliphatic rings. The van der Waals surface area contributed by atoms with Gasteiger partial charge in [-0.1, -0.05) is 18.6 Å². The molecule has 0 fully saturated rings. The van der Waals surface area contributed by atoms with E-state index in [0.29, 0.717) is 6.61 Å². The van der Waals surface area contributed by atoms with Gasteiger partial charge in [-0.3, -0.25) is 4.79 Å². The van der Waals surface area contributed by atoms with E-state index in [2.05, 4.69) is 9.24 Å². The third-order valence-electron chi connectivity index (χ3n) is 1.69. The van der Waals surface area contributed by atoms with Crippen molar-refractivity contribution in [2.24, 2.45) is 5.73 Å². The number of esters is 1. The predicted octanol–water partition coefficient (Wildman–Crippen LogP) is 1.09. The van der Waals surface area contributed by atoms with Crippen LogP contribution in [0.2, 0.25) is 0 Å². The van der Waals surface area contributed by atoms with Crippen LogP contribution in [0.15, 0.2) is 11.6 Å². The Morgan fingerprint density at radius 1 is 1.62 bits per heavy atom. The molecule has 0 aromatic heterocycles. The molecular formula is C9H18NO2P. The van der Waals surface area contributed by atoms with Gasteiger partial charge in [0.15, 0.2) is 0 Å². The zero-order chi connectivity index (χ0) is 10.3. The fraction of sp³-hybridized carbons (Fsp3) is 0.667. The van der Waals surface area contributed by atoms with Gasteiger partial charge in [-0.05, 0) is 19.5 Å². The fourth-order valence-corrected chi connectivity index (χ4v) is 1.32. The van der Waals surface area contributed by atoms with Gasteiger partial charge in [0, 0.05) is 0 Å². The topological polar surface area (TPSA) is 52.3 Å². The lowest BCUT2D eigenvalue weighted by Gasteiger charge is -2.08. The fourth-order valence-electron chi connectivity index (χ4n) is 0.891. The van der Waals surface area contributed by atoms with Gasteiger partial charge in [0.2, 0.25) is 0 Å². The van der Waals surface area contributed by atoms with Crippen molar-refractivity contribution in [3.8, 4) is 0 Å². The van der Waals surface area contributed by atoms with E-state index in [4.69, 9.17) is 10.5 Å². The van der Waals surface area contributed by atoms with Crippen LogP contribution in [0.25, 0.3) is 0 Å². The van der Waals surface area contributed by atoms with E-state index < -0.39 is 6.04 Å². The van der Waals surface area contributed by atoms with Gasteiger partial charge in [0.25, 0.3) is 0 Å². The first kappa shape index (κ1) is 12.6. The molecule has 0 heterocycles. The lowest BCUT2D eigenvalue weighted by Crippen LogP contribution is -2.30. The number of hydrogen-bond acceptors (Lipinski definition) is 3. The van der Waals surface area contributed by atoms with Crippen LogP contribution in [0.4, 0.5) is 0 Å². The Balaban J connectivity index is 4.17. The molecule has 13 heavy (non-hydrogen) atoms. The van der Waals surface area contributed by atoms with Crippen LogP contribution in [0, 0.1) is 0 Å². The Morgan fingerprint density at radius 3 is 2.62 bits per heavy atom. The molecule has 2 atom stereocenters. The highest BCUT2D eigenvalue weighted by Crippen LogP contribution is 2.06. The summed E-state index contributed by atoms with van der Waals surface area (Å²) >= 11 is 0. The first-order valence-electron chi connectivity index (χ1n) is 4.47. The average molecular weight is 203 g/mol. The highest BCUT2D eigenvalue weighted by atomic mass is 31.0. The van der Waals surface area contributed by atoms with Gasteiger partial charge in [-0.25, -0.2) is 0 Å². The molecule has 0 aromatic rings. The summed E-state index contributed by atoms with van der Waals surface area (Å²) in [7, 11) is 2.61. The van der Waals surface area contributed by atoms with Crippen LogP contribution in [0.1, 0.15) is 20.3 Å². The van der Waals surface area contributed by atoms with E-state index >= 15 is 0 Å². The first-order chi connectivity index (χ1) is 6.15. The largest absolute Gasteiger partial charge is 0.465 e. The summed E-state index contributed by atoms with van der Waals surface area (Å²) in [6, 6.07) is -0.615. The molecule has 0 aliphatic heterocycles. The van der Waals surface area contributed by atoms with Crippen molar-refractivity contribution in [3.63, 3.8) is 0 Å². The van der Waals surface area contributed by atoms with Crippen molar-refractivity contribution in [3.05, 3.63) is 11.6 Å². The van der Waals surface area contributed by atoms with Crippen molar-refractivity contribution in [1.29, 1.82) is 0 Å². The smallest absolute Gasteiger partial charge is 0.326 e. The number of carbonyl (C=O) groups is 1. The highest BCUT2D eigenvalue weighted by molar-refractivity contribution is 7.16. The summed E-state index contributed by atoms with van der Waals surface area (Å²) in [4.78, 5) is 11.1. The van der Waals surface area contributed by atoms with E-state index in [1.54, 1.807) is 13.0 Å². The minimum absolute atomic E-state index is 0.355. The van der Waals surface area contributed by atoms with Crippen molar-refractivity contribution < 1.29 is 9.53 Å². The highest BCUT2D eigenvalue weighted by Gasteiger charge is 2.11. The van der Waals surface area contributed by atoms with E-state index in [9.17, 15) is 4.79 Å². The molecule has 0 aliphatic carbocycles. The molecule has 0 saturated carbocycles. The number of hydrogen-bond donors (Lipinski definition) is 1. The molecule has 0 aromatic carbocycles. The molecule has 0 rings (SSSR count). The Bertz CT molecular complexity index is 186. The van der Waals surface area contributed by atoms with E-state index in [-0.39, 0.29) is 5.97 Å². The summed E-state index contributed by atoms with van der Waals surface area (Å²) in [5, 5.41) is 0. The van der Waals surface area contributed by atoms with Crippen LogP contribution < -0.4 is 5.73 Å². The van der Waals surface area contributed by atoms with Crippen LogP contribution >= 0.6 is 9.24 Å². The van der Waals surface area contributed by atoms with Crippen molar-refractivity contribution >= 4 is 15.2 Å². The van der Waals surface area contributed by atoms with Crippen LogP contribution in [-0.2, 0) is 9.53 Å². The third kappa shape index (κ3) is 5.02. The number of ether oxygens (including phenoxy) is 1. The van der Waals surface area contributed by atoms with Gasteiger partial charge >= 0.3 is 5.97 Å². The van der Waals surface area contributed by atoms with Gasteiger partial charge < -0.3 is 10.5 Å². The number of carbonyl (C=O) groups excluding carboxylic acids is 1. The second-order valence-corrected chi connectivity index (χ2v) is 3.07. The lowest BCUT2D eigenvalue weighted by atomic mass is 10.1. The average Bonchev–Trinajstić information content (AvgIpc) is 2.14. The monoisotopic (exact) mass is 203 g/mol. The first-order valence-corrected chi connectivity index (χ1v) is 5.29. The van der Waals surface area contributed by atoms with Crippen LogP contribution in [0.3, 0.4) is 0 Å². The Labute approximate surface area is 81.9 Å². The summed E-state index contributed by atoms with van der Waals surface area (Å²) in [6.07, 6.45) is 3.53. The lowest BCUT2D eigenvalue weighted by molar-refractivity contribution is -0.143. The quantitative estimate of drug-likeness (QED) is 0.413. The van der Waals surface area contributed by atoms with Crippen LogP contribution in [0.5, 0.6) is 0 Å². The second kappa shape index (κ2) is 7.05. The van der Waals surface area contributed by atoms with Gasteiger partial charge in [0.05, 0.1) is 6.61 Å². The maximum absolute atomic E-state index is 11.1. The minimum atomic E-state index is -0.615. The molecule has 0 saturated heterocycles. The van der Waals surface area contributed by atoms with Gasteiger partial charge in [0.1, 0.15) is 6.04 Å². The molecule has 0 amide bonds. The number of rotatable bonds is 5.